The molecule has 1 aromatic heterocycles. The van der Waals surface area contributed by atoms with E-state index >= 15 is 0 Å². The largest absolute Gasteiger partial charge is 0.355 e. The number of fused-ring (bicyclic) bond motifs is 1. The van der Waals surface area contributed by atoms with Gasteiger partial charge in [0.05, 0.1) is 17.2 Å². The van der Waals surface area contributed by atoms with Gasteiger partial charge in [-0.3, -0.25) is 19.1 Å². The lowest BCUT2D eigenvalue weighted by Gasteiger charge is -2.27. The van der Waals surface area contributed by atoms with Gasteiger partial charge in [0.2, 0.25) is 5.91 Å². The van der Waals surface area contributed by atoms with Crippen molar-refractivity contribution in [1.29, 1.82) is 0 Å². The van der Waals surface area contributed by atoms with Gasteiger partial charge in [-0.15, -0.1) is 12.4 Å². The molecule has 1 aromatic carbocycles. The van der Waals surface area contributed by atoms with Gasteiger partial charge in [-0.1, -0.05) is 12.1 Å². The highest BCUT2D eigenvalue weighted by Crippen LogP contribution is 2.11. The summed E-state index contributed by atoms with van der Waals surface area (Å²) in [5.41, 5.74) is 1.61. The second-order valence-corrected chi connectivity index (χ2v) is 6.41. The summed E-state index contributed by atoms with van der Waals surface area (Å²) in [6, 6.07) is 5.57. The fraction of sp³-hybridized carbons (Fsp3) is 0.500. The monoisotopic (exact) mass is 379 g/mol. The predicted molar refractivity (Wildman–Crippen MR) is 105 cm³/mol. The molecule has 0 bridgehead atoms. The minimum Gasteiger partial charge on any atom is -0.355 e. The summed E-state index contributed by atoms with van der Waals surface area (Å²) in [5, 5.41) is 6.83. The first kappa shape index (κ1) is 20.4. The Balaban J connectivity index is 0.00000243. The lowest BCUT2D eigenvalue weighted by atomic mass is 10.1. The first-order chi connectivity index (χ1) is 12.1. The van der Waals surface area contributed by atoms with Crippen molar-refractivity contribution in [3.05, 3.63) is 40.4 Å². The Hall–Kier alpha value is -1.96. The molecule has 7 nitrogen and oxygen atoms in total. The molecule has 2 aromatic rings. The lowest BCUT2D eigenvalue weighted by molar-refractivity contribution is -0.121. The molecule has 0 saturated carbocycles. The number of benzene rings is 1. The Morgan fingerprint density at radius 2 is 2.04 bits per heavy atom. The van der Waals surface area contributed by atoms with Crippen LogP contribution in [0.2, 0.25) is 0 Å². The van der Waals surface area contributed by atoms with E-state index in [4.69, 9.17) is 0 Å². The number of nitrogens with one attached hydrogen (secondary N) is 2. The van der Waals surface area contributed by atoms with Crippen molar-refractivity contribution in [2.75, 3.05) is 39.3 Å². The number of hydrogen-bond acceptors (Lipinski definition) is 5. The van der Waals surface area contributed by atoms with Crippen LogP contribution in [0.5, 0.6) is 0 Å². The number of carbonyl (C=O) groups excluding carboxylic acids is 1. The fourth-order valence-electron chi connectivity index (χ4n) is 3.10. The summed E-state index contributed by atoms with van der Waals surface area (Å²) >= 11 is 0. The summed E-state index contributed by atoms with van der Waals surface area (Å²) in [7, 11) is 0. The standard InChI is InChI=1S/C18H25N5O2.ClH/c1-14-3-2-4-15-17(14)21-13-23(18(15)25)9-5-16(24)20-8-12-22-10-6-19-7-11-22;/h2-4,13,19H,5-12H2,1H3,(H,20,24);1H. The smallest absolute Gasteiger partial charge is 0.261 e. The van der Waals surface area contributed by atoms with Gasteiger partial charge in [-0.25, -0.2) is 4.98 Å². The maximum absolute atomic E-state index is 12.5. The van der Waals surface area contributed by atoms with E-state index in [1.165, 1.54) is 10.9 Å². The Kier molecular flexibility index (Phi) is 7.56. The van der Waals surface area contributed by atoms with Crippen LogP contribution in [0.4, 0.5) is 0 Å². The molecule has 1 fully saturated rings. The molecule has 0 aliphatic carbocycles. The minimum absolute atomic E-state index is 0. The highest BCUT2D eigenvalue weighted by Gasteiger charge is 2.10. The number of aryl methyl sites for hydroxylation is 2. The van der Waals surface area contributed by atoms with Crippen LogP contribution in [0.25, 0.3) is 10.9 Å². The summed E-state index contributed by atoms with van der Waals surface area (Å²) < 4.78 is 1.51. The fourth-order valence-corrected chi connectivity index (χ4v) is 3.10. The van der Waals surface area contributed by atoms with E-state index in [1.807, 2.05) is 19.1 Å². The second kappa shape index (κ2) is 9.66. The van der Waals surface area contributed by atoms with E-state index in [0.717, 1.165) is 43.8 Å². The molecule has 0 radical (unpaired) electrons. The van der Waals surface area contributed by atoms with Crippen LogP contribution in [-0.2, 0) is 11.3 Å². The minimum atomic E-state index is -0.0951. The van der Waals surface area contributed by atoms with Crippen molar-refractivity contribution in [3.8, 4) is 0 Å². The van der Waals surface area contributed by atoms with Gasteiger partial charge in [0.1, 0.15) is 0 Å². The molecule has 0 spiro atoms. The number of nitrogens with zero attached hydrogens (tertiary/aromatic N) is 3. The van der Waals surface area contributed by atoms with Crippen molar-refractivity contribution in [1.82, 2.24) is 25.1 Å². The Morgan fingerprint density at radius 1 is 1.27 bits per heavy atom. The van der Waals surface area contributed by atoms with Gasteiger partial charge in [0, 0.05) is 52.2 Å². The van der Waals surface area contributed by atoms with Crippen molar-refractivity contribution in [3.63, 3.8) is 0 Å². The molecule has 2 heterocycles. The predicted octanol–water partition coefficient (Wildman–Crippen LogP) is 0.538. The summed E-state index contributed by atoms with van der Waals surface area (Å²) in [6.45, 7) is 7.84. The molecule has 3 rings (SSSR count). The normalized spacial score (nSPS) is 14.8. The van der Waals surface area contributed by atoms with Crippen LogP contribution in [0.3, 0.4) is 0 Å². The highest BCUT2D eigenvalue weighted by molar-refractivity contribution is 5.85. The third-order valence-electron chi connectivity index (χ3n) is 4.59. The third-order valence-corrected chi connectivity index (χ3v) is 4.59. The molecular formula is C18H26ClN5O2. The number of rotatable bonds is 6. The molecular weight excluding hydrogens is 354 g/mol. The topological polar surface area (TPSA) is 79.3 Å². The van der Waals surface area contributed by atoms with Crippen molar-refractivity contribution >= 4 is 29.2 Å². The Morgan fingerprint density at radius 3 is 2.81 bits per heavy atom. The van der Waals surface area contributed by atoms with Gasteiger partial charge >= 0.3 is 0 Å². The van der Waals surface area contributed by atoms with Crippen LogP contribution in [0.15, 0.2) is 29.3 Å². The number of aromatic nitrogens is 2. The molecule has 0 atom stereocenters. The molecule has 1 aliphatic rings. The van der Waals surface area contributed by atoms with E-state index in [0.29, 0.717) is 18.5 Å². The van der Waals surface area contributed by atoms with Crippen LogP contribution in [0, 0.1) is 6.92 Å². The first-order valence-electron chi connectivity index (χ1n) is 8.80. The molecule has 1 amide bonds. The average Bonchev–Trinajstić information content (AvgIpc) is 2.63. The number of para-hydroxylation sites is 1. The van der Waals surface area contributed by atoms with Gasteiger partial charge in [0.25, 0.3) is 5.56 Å². The zero-order valence-corrected chi connectivity index (χ0v) is 15.8. The van der Waals surface area contributed by atoms with Crippen LogP contribution >= 0.6 is 12.4 Å². The summed E-state index contributed by atoms with van der Waals surface area (Å²) in [6.07, 6.45) is 1.81. The van der Waals surface area contributed by atoms with Gasteiger partial charge in [-0.2, -0.15) is 0 Å². The maximum atomic E-state index is 12.5. The lowest BCUT2D eigenvalue weighted by Crippen LogP contribution is -2.46. The Bertz CT molecular complexity index is 802. The summed E-state index contributed by atoms with van der Waals surface area (Å²) in [5.74, 6) is -0.0358. The van der Waals surface area contributed by atoms with Crippen molar-refractivity contribution in [2.45, 2.75) is 19.9 Å². The molecule has 2 N–H and O–H groups in total. The zero-order chi connectivity index (χ0) is 17.6. The van der Waals surface area contributed by atoms with E-state index < -0.39 is 0 Å². The molecule has 142 valence electrons. The molecule has 8 heteroatoms. The van der Waals surface area contributed by atoms with Gasteiger partial charge < -0.3 is 10.6 Å². The van der Waals surface area contributed by atoms with E-state index in [-0.39, 0.29) is 30.3 Å². The molecule has 0 unspecified atom stereocenters. The molecule has 1 saturated heterocycles. The van der Waals surface area contributed by atoms with Crippen LogP contribution in [-0.4, -0.2) is 59.6 Å². The van der Waals surface area contributed by atoms with Gasteiger partial charge in [-0.05, 0) is 18.6 Å². The van der Waals surface area contributed by atoms with E-state index in [9.17, 15) is 9.59 Å². The number of carbonyl (C=O) groups is 1. The van der Waals surface area contributed by atoms with E-state index in [1.54, 1.807) is 6.07 Å². The summed E-state index contributed by atoms with van der Waals surface area (Å²) in [4.78, 5) is 31.2. The van der Waals surface area contributed by atoms with Crippen molar-refractivity contribution in [2.24, 2.45) is 0 Å². The molecule has 26 heavy (non-hydrogen) atoms. The third kappa shape index (κ3) is 5.03. The number of hydrogen-bond donors (Lipinski definition) is 2. The zero-order valence-electron chi connectivity index (χ0n) is 15.0. The Labute approximate surface area is 159 Å². The second-order valence-electron chi connectivity index (χ2n) is 6.41. The first-order valence-corrected chi connectivity index (χ1v) is 8.80. The number of amides is 1. The quantitative estimate of drug-likeness (QED) is 0.765. The van der Waals surface area contributed by atoms with E-state index in [2.05, 4.69) is 20.5 Å². The van der Waals surface area contributed by atoms with Gasteiger partial charge in [0.15, 0.2) is 0 Å². The number of halogens is 1. The average molecular weight is 380 g/mol. The number of piperazine rings is 1. The SMILES string of the molecule is Cc1cccc2c(=O)n(CCC(=O)NCCN3CCNCC3)cnc12.Cl. The molecule has 1 aliphatic heterocycles. The highest BCUT2D eigenvalue weighted by atomic mass is 35.5. The van der Waals surface area contributed by atoms with Crippen molar-refractivity contribution < 1.29 is 4.79 Å². The van der Waals surface area contributed by atoms with Crippen LogP contribution < -0.4 is 16.2 Å². The van der Waals surface area contributed by atoms with Crippen LogP contribution in [0.1, 0.15) is 12.0 Å². The maximum Gasteiger partial charge on any atom is 0.261 e.